The van der Waals surface area contributed by atoms with Crippen molar-refractivity contribution >= 4 is 11.4 Å². The van der Waals surface area contributed by atoms with E-state index in [-0.39, 0.29) is 11.6 Å². The Kier molecular flexibility index (Phi) is 6.50. The average Bonchev–Trinajstić information content (AvgIpc) is 2.80. The van der Waals surface area contributed by atoms with E-state index in [1.54, 1.807) is 0 Å². The fraction of sp³-hybridized carbons (Fsp3) is 0.222. The summed E-state index contributed by atoms with van der Waals surface area (Å²) in [5, 5.41) is 0. The van der Waals surface area contributed by atoms with Gasteiger partial charge in [0.05, 0.1) is 0 Å². The zero-order valence-electron chi connectivity index (χ0n) is 17.1. The first kappa shape index (κ1) is 20.2. The highest BCUT2D eigenvalue weighted by atomic mass is 19.1. The Morgan fingerprint density at radius 3 is 2.23 bits per heavy atom. The van der Waals surface area contributed by atoms with Crippen molar-refractivity contribution in [1.29, 1.82) is 0 Å². The summed E-state index contributed by atoms with van der Waals surface area (Å²) in [6.07, 6.45) is 4.52. The number of halogens is 1. The summed E-state index contributed by atoms with van der Waals surface area (Å²) in [5.41, 5.74) is 5.61. The number of hydrogen-bond acceptors (Lipinski definition) is 2. The van der Waals surface area contributed by atoms with Crippen LogP contribution in [-0.2, 0) is 6.42 Å². The van der Waals surface area contributed by atoms with Gasteiger partial charge in [-0.2, -0.15) is 0 Å². The number of carbonyl (C=O) groups is 1. The van der Waals surface area contributed by atoms with Crippen LogP contribution in [0.2, 0.25) is 0 Å². The number of hydrogen-bond donors (Lipinski definition) is 0. The van der Waals surface area contributed by atoms with Gasteiger partial charge in [0.15, 0.2) is 5.78 Å². The molecule has 3 heteroatoms. The van der Waals surface area contributed by atoms with E-state index >= 15 is 0 Å². The molecule has 0 N–H and O–H groups in total. The molecule has 1 heterocycles. The van der Waals surface area contributed by atoms with Crippen LogP contribution in [0.4, 0.5) is 4.39 Å². The van der Waals surface area contributed by atoms with Crippen molar-refractivity contribution < 1.29 is 9.18 Å². The van der Waals surface area contributed by atoms with Gasteiger partial charge in [-0.05, 0) is 47.2 Å². The number of benzene rings is 3. The van der Waals surface area contributed by atoms with Crippen molar-refractivity contribution in [3.05, 3.63) is 113 Å². The maximum atomic E-state index is 13.1. The molecule has 0 bridgehead atoms. The van der Waals surface area contributed by atoms with Crippen LogP contribution < -0.4 is 0 Å². The highest BCUT2D eigenvalue weighted by molar-refractivity contribution is 5.96. The maximum Gasteiger partial charge on any atom is 0.164 e. The second kappa shape index (κ2) is 9.64. The Bertz CT molecular complexity index is 1010. The van der Waals surface area contributed by atoms with Crippen molar-refractivity contribution in [2.45, 2.75) is 19.3 Å². The maximum absolute atomic E-state index is 13.1. The predicted molar refractivity (Wildman–Crippen MR) is 120 cm³/mol. The van der Waals surface area contributed by atoms with Gasteiger partial charge < -0.3 is 0 Å². The molecule has 1 aliphatic rings. The molecule has 0 atom stereocenters. The molecule has 0 saturated carbocycles. The van der Waals surface area contributed by atoms with Crippen LogP contribution in [0, 0.1) is 5.82 Å². The van der Waals surface area contributed by atoms with E-state index in [2.05, 4.69) is 35.2 Å². The predicted octanol–water partition coefficient (Wildman–Crippen LogP) is 5.78. The van der Waals surface area contributed by atoms with Crippen LogP contribution >= 0.6 is 0 Å². The van der Waals surface area contributed by atoms with Gasteiger partial charge in [0.25, 0.3) is 0 Å². The molecule has 4 rings (SSSR count). The molecule has 3 aromatic carbocycles. The Labute approximate surface area is 177 Å². The number of carbonyl (C=O) groups excluding carboxylic acids is 1. The molecule has 0 radical (unpaired) electrons. The van der Waals surface area contributed by atoms with Gasteiger partial charge in [0.2, 0.25) is 0 Å². The van der Waals surface area contributed by atoms with Gasteiger partial charge in [0, 0.05) is 31.6 Å². The highest BCUT2D eigenvalue weighted by Gasteiger charge is 2.15. The summed E-state index contributed by atoms with van der Waals surface area (Å²) in [6.45, 7) is 2.51. The zero-order valence-corrected chi connectivity index (χ0v) is 17.1. The van der Waals surface area contributed by atoms with Crippen LogP contribution in [0.1, 0.15) is 39.9 Å². The Balaban J connectivity index is 1.27. The summed E-state index contributed by atoms with van der Waals surface area (Å²) >= 11 is 0. The third-order valence-corrected chi connectivity index (χ3v) is 5.69. The minimum Gasteiger partial charge on any atom is -0.299 e. The monoisotopic (exact) mass is 399 g/mol. The fourth-order valence-corrected chi connectivity index (χ4v) is 3.88. The molecule has 0 fully saturated rings. The van der Waals surface area contributed by atoms with E-state index in [4.69, 9.17) is 0 Å². The SMILES string of the molecule is O=C(CCN1CC=C(c2ccc(F)cc2)CC1)c1ccc(Cc2ccccc2)cc1. The van der Waals surface area contributed by atoms with Crippen LogP contribution in [0.5, 0.6) is 0 Å². The summed E-state index contributed by atoms with van der Waals surface area (Å²) in [4.78, 5) is 14.9. The molecular weight excluding hydrogens is 373 g/mol. The standard InChI is InChI=1S/C27H26FNO/c28-26-12-10-23(11-13-26)24-14-17-29(18-15-24)19-16-27(30)25-8-6-22(7-9-25)20-21-4-2-1-3-5-21/h1-14H,15-20H2. The fourth-order valence-electron chi connectivity index (χ4n) is 3.88. The van der Waals surface area contributed by atoms with Crippen LogP contribution in [0.3, 0.4) is 0 Å². The highest BCUT2D eigenvalue weighted by Crippen LogP contribution is 2.23. The summed E-state index contributed by atoms with van der Waals surface area (Å²) in [6, 6.07) is 25.0. The first-order valence-electron chi connectivity index (χ1n) is 10.5. The number of Topliss-reactive ketones (excluding diaryl/α,β-unsaturated/α-hetero) is 1. The minimum absolute atomic E-state index is 0.189. The van der Waals surface area contributed by atoms with Crippen LogP contribution in [0.15, 0.2) is 84.9 Å². The molecule has 152 valence electrons. The zero-order chi connectivity index (χ0) is 20.8. The molecule has 2 nitrogen and oxygen atoms in total. The molecular formula is C27H26FNO. The van der Waals surface area contributed by atoms with Gasteiger partial charge >= 0.3 is 0 Å². The molecule has 0 unspecified atom stereocenters. The lowest BCUT2D eigenvalue weighted by Gasteiger charge is -2.26. The van der Waals surface area contributed by atoms with Crippen molar-refractivity contribution in [1.82, 2.24) is 4.90 Å². The van der Waals surface area contributed by atoms with Gasteiger partial charge in [-0.25, -0.2) is 4.39 Å². The quantitative estimate of drug-likeness (QED) is 0.470. The number of nitrogens with zero attached hydrogens (tertiary/aromatic N) is 1. The van der Waals surface area contributed by atoms with Gasteiger partial charge in [-0.1, -0.05) is 72.8 Å². The Hall–Kier alpha value is -3.04. The van der Waals surface area contributed by atoms with E-state index in [0.717, 1.165) is 43.6 Å². The molecule has 0 saturated heterocycles. The molecule has 0 spiro atoms. The van der Waals surface area contributed by atoms with Crippen LogP contribution in [-0.4, -0.2) is 30.3 Å². The van der Waals surface area contributed by atoms with E-state index in [1.807, 2.05) is 42.5 Å². The summed E-state index contributed by atoms with van der Waals surface area (Å²) < 4.78 is 13.1. The minimum atomic E-state index is -0.205. The van der Waals surface area contributed by atoms with Crippen molar-refractivity contribution in [3.8, 4) is 0 Å². The first-order chi connectivity index (χ1) is 14.7. The van der Waals surface area contributed by atoms with Crippen LogP contribution in [0.25, 0.3) is 5.57 Å². The van der Waals surface area contributed by atoms with Gasteiger partial charge in [0.1, 0.15) is 5.82 Å². The molecule has 0 amide bonds. The smallest absolute Gasteiger partial charge is 0.164 e. The largest absolute Gasteiger partial charge is 0.299 e. The normalized spacial score (nSPS) is 14.4. The first-order valence-corrected chi connectivity index (χ1v) is 10.5. The molecule has 0 aromatic heterocycles. The van der Waals surface area contributed by atoms with E-state index in [9.17, 15) is 9.18 Å². The van der Waals surface area contributed by atoms with E-state index in [0.29, 0.717) is 6.42 Å². The third-order valence-electron chi connectivity index (χ3n) is 5.69. The molecule has 3 aromatic rings. The lowest BCUT2D eigenvalue weighted by atomic mass is 9.99. The third kappa shape index (κ3) is 5.31. The molecule has 0 aliphatic carbocycles. The van der Waals surface area contributed by atoms with Gasteiger partial charge in [-0.3, -0.25) is 9.69 Å². The number of rotatable bonds is 7. The Morgan fingerprint density at radius 1 is 0.867 bits per heavy atom. The summed E-state index contributed by atoms with van der Waals surface area (Å²) in [7, 11) is 0. The molecule has 30 heavy (non-hydrogen) atoms. The second-order valence-corrected chi connectivity index (χ2v) is 7.82. The second-order valence-electron chi connectivity index (χ2n) is 7.82. The topological polar surface area (TPSA) is 20.3 Å². The van der Waals surface area contributed by atoms with E-state index in [1.165, 1.54) is 28.8 Å². The summed E-state index contributed by atoms with van der Waals surface area (Å²) in [5.74, 6) is -0.0158. The Morgan fingerprint density at radius 2 is 1.57 bits per heavy atom. The lowest BCUT2D eigenvalue weighted by Crippen LogP contribution is -2.30. The molecule has 1 aliphatic heterocycles. The van der Waals surface area contributed by atoms with E-state index < -0.39 is 0 Å². The number of ketones is 1. The van der Waals surface area contributed by atoms with Crippen molar-refractivity contribution in [3.63, 3.8) is 0 Å². The average molecular weight is 400 g/mol. The van der Waals surface area contributed by atoms with Crippen molar-refractivity contribution in [2.24, 2.45) is 0 Å². The van der Waals surface area contributed by atoms with Crippen molar-refractivity contribution in [2.75, 3.05) is 19.6 Å². The lowest BCUT2D eigenvalue weighted by molar-refractivity contribution is 0.0966. The van der Waals surface area contributed by atoms with Gasteiger partial charge in [-0.15, -0.1) is 0 Å².